The van der Waals surface area contributed by atoms with Crippen LogP contribution >= 0.6 is 0 Å². The first-order chi connectivity index (χ1) is 8.31. The Hall–Kier alpha value is -1.30. The van der Waals surface area contributed by atoms with Crippen molar-refractivity contribution < 1.29 is 4.79 Å². The van der Waals surface area contributed by atoms with Crippen LogP contribution in [0, 0.1) is 0 Å². The van der Waals surface area contributed by atoms with E-state index in [4.69, 9.17) is 0 Å². The summed E-state index contributed by atoms with van der Waals surface area (Å²) in [6.07, 6.45) is 0. The molecule has 0 radical (unpaired) electrons. The molecule has 2 aromatic rings. The van der Waals surface area contributed by atoms with Gasteiger partial charge in [0.05, 0.1) is 0 Å². The van der Waals surface area contributed by atoms with E-state index in [1.54, 1.807) is 0 Å². The van der Waals surface area contributed by atoms with Crippen LogP contribution < -0.4 is 8.93 Å². The Morgan fingerprint density at radius 1 is 1.00 bits per heavy atom. The molecule has 0 atom stereocenters. The molecule has 0 saturated carbocycles. The van der Waals surface area contributed by atoms with Crippen LogP contribution in [-0.2, 0) is 0 Å². The molecular formula is C14H13NOTe. The maximum atomic E-state index is 12.0. The van der Waals surface area contributed by atoms with Crippen molar-refractivity contribution in [1.82, 2.24) is 0 Å². The van der Waals surface area contributed by atoms with Crippen molar-refractivity contribution in [1.29, 1.82) is 0 Å². The summed E-state index contributed by atoms with van der Waals surface area (Å²) < 4.78 is 1.28. The van der Waals surface area contributed by atoms with E-state index in [0.29, 0.717) is 5.56 Å². The number of anilines is 1. The first-order valence-electron chi connectivity index (χ1n) is 5.30. The quantitative estimate of drug-likeness (QED) is 0.855. The SMILES string of the molecule is C[Te]c1ccccc1NC(=O)c1ccccc1. The van der Waals surface area contributed by atoms with Crippen LogP contribution in [0.4, 0.5) is 5.69 Å². The molecule has 0 heterocycles. The molecule has 0 aliphatic rings. The molecule has 0 saturated heterocycles. The molecule has 2 rings (SSSR count). The van der Waals surface area contributed by atoms with Crippen LogP contribution in [-0.4, -0.2) is 26.8 Å². The molecule has 0 aromatic heterocycles. The van der Waals surface area contributed by atoms with Crippen LogP contribution in [0.5, 0.6) is 0 Å². The van der Waals surface area contributed by atoms with Gasteiger partial charge in [0.2, 0.25) is 0 Å². The summed E-state index contributed by atoms with van der Waals surface area (Å²) in [6, 6.07) is 17.3. The average Bonchev–Trinajstić information content (AvgIpc) is 2.40. The molecule has 0 unspecified atom stereocenters. The molecule has 0 aliphatic carbocycles. The van der Waals surface area contributed by atoms with Crippen LogP contribution in [0.15, 0.2) is 54.6 Å². The van der Waals surface area contributed by atoms with Crippen molar-refractivity contribution in [2.24, 2.45) is 0 Å². The second-order valence-corrected chi connectivity index (χ2v) is 5.94. The van der Waals surface area contributed by atoms with Crippen LogP contribution in [0.3, 0.4) is 0 Å². The fraction of sp³-hybridized carbons (Fsp3) is 0.0714. The monoisotopic (exact) mass is 341 g/mol. The number of amides is 1. The van der Waals surface area contributed by atoms with Crippen LogP contribution in [0.1, 0.15) is 10.4 Å². The number of para-hydroxylation sites is 1. The minimum absolute atomic E-state index is 0.0426. The number of rotatable bonds is 3. The molecule has 86 valence electrons. The number of hydrogen-bond acceptors (Lipinski definition) is 1. The van der Waals surface area contributed by atoms with Gasteiger partial charge in [-0.3, -0.25) is 0 Å². The number of nitrogens with one attached hydrogen (secondary N) is 1. The molecule has 2 aromatic carbocycles. The summed E-state index contributed by atoms with van der Waals surface area (Å²) >= 11 is -0.199. The van der Waals surface area contributed by atoms with E-state index < -0.39 is 0 Å². The van der Waals surface area contributed by atoms with Gasteiger partial charge in [0.1, 0.15) is 0 Å². The van der Waals surface area contributed by atoms with Gasteiger partial charge in [-0.25, -0.2) is 0 Å². The van der Waals surface area contributed by atoms with Crippen molar-refractivity contribution in [3.63, 3.8) is 0 Å². The number of carbonyl (C=O) groups is 1. The number of carbonyl (C=O) groups excluding carboxylic acids is 1. The zero-order valence-electron chi connectivity index (χ0n) is 9.51. The summed E-state index contributed by atoms with van der Waals surface area (Å²) in [4.78, 5) is 14.2. The molecule has 1 N–H and O–H groups in total. The summed E-state index contributed by atoms with van der Waals surface area (Å²) in [6.45, 7) is 0. The zero-order valence-corrected chi connectivity index (χ0v) is 11.8. The Labute approximate surface area is 111 Å². The van der Waals surface area contributed by atoms with E-state index in [9.17, 15) is 4.79 Å². The van der Waals surface area contributed by atoms with E-state index in [1.165, 1.54) is 3.61 Å². The Morgan fingerprint density at radius 2 is 1.65 bits per heavy atom. The zero-order chi connectivity index (χ0) is 12.1. The van der Waals surface area contributed by atoms with Gasteiger partial charge in [-0.2, -0.15) is 0 Å². The molecule has 3 heteroatoms. The van der Waals surface area contributed by atoms with E-state index in [0.717, 1.165) is 5.69 Å². The molecule has 1 amide bonds. The Balaban J connectivity index is 2.19. The first kappa shape index (κ1) is 12.2. The van der Waals surface area contributed by atoms with Crippen molar-refractivity contribution >= 4 is 36.1 Å². The normalized spacial score (nSPS) is 9.94. The second kappa shape index (κ2) is 5.86. The van der Waals surface area contributed by atoms with Gasteiger partial charge in [-0.05, 0) is 0 Å². The third-order valence-corrected chi connectivity index (χ3v) is 4.66. The van der Waals surface area contributed by atoms with Crippen LogP contribution in [0.2, 0.25) is 4.97 Å². The predicted molar refractivity (Wildman–Crippen MR) is 72.1 cm³/mol. The van der Waals surface area contributed by atoms with Gasteiger partial charge in [0, 0.05) is 0 Å². The Bertz CT molecular complexity index is 511. The van der Waals surface area contributed by atoms with Gasteiger partial charge in [-0.1, -0.05) is 0 Å². The van der Waals surface area contributed by atoms with Crippen LogP contribution in [0.25, 0.3) is 0 Å². The summed E-state index contributed by atoms with van der Waals surface area (Å²) in [5, 5.41) is 2.97. The van der Waals surface area contributed by atoms with Crippen molar-refractivity contribution in [2.75, 3.05) is 5.32 Å². The number of hydrogen-bond donors (Lipinski definition) is 1. The third kappa shape index (κ3) is 3.09. The van der Waals surface area contributed by atoms with Gasteiger partial charge < -0.3 is 0 Å². The average molecular weight is 339 g/mol. The van der Waals surface area contributed by atoms with E-state index in [-0.39, 0.29) is 26.8 Å². The summed E-state index contributed by atoms with van der Waals surface area (Å²) in [5.41, 5.74) is 1.64. The molecule has 0 bridgehead atoms. The van der Waals surface area contributed by atoms with Gasteiger partial charge in [0.25, 0.3) is 0 Å². The minimum atomic E-state index is -0.199. The molecular weight excluding hydrogens is 326 g/mol. The van der Waals surface area contributed by atoms with Gasteiger partial charge in [0.15, 0.2) is 0 Å². The van der Waals surface area contributed by atoms with E-state index in [2.05, 4.69) is 16.4 Å². The Kier molecular flexibility index (Phi) is 4.19. The fourth-order valence-corrected chi connectivity index (χ4v) is 3.11. The first-order valence-corrected chi connectivity index (χ1v) is 8.80. The van der Waals surface area contributed by atoms with Gasteiger partial charge in [-0.15, -0.1) is 0 Å². The summed E-state index contributed by atoms with van der Waals surface area (Å²) in [7, 11) is 0. The molecule has 17 heavy (non-hydrogen) atoms. The Morgan fingerprint density at radius 3 is 2.35 bits per heavy atom. The van der Waals surface area contributed by atoms with Gasteiger partial charge >= 0.3 is 111 Å². The standard InChI is InChI=1S/C14H13NOTe/c1-17-13-10-6-5-9-12(13)15-14(16)11-7-3-2-4-8-11/h2-10H,1H3,(H,15,16). The number of benzene rings is 2. The van der Waals surface area contributed by atoms with Crippen molar-refractivity contribution in [2.45, 2.75) is 4.97 Å². The second-order valence-electron chi connectivity index (χ2n) is 3.52. The molecule has 2 nitrogen and oxygen atoms in total. The topological polar surface area (TPSA) is 29.1 Å². The van der Waals surface area contributed by atoms with Crippen molar-refractivity contribution in [3.05, 3.63) is 60.2 Å². The summed E-state index contributed by atoms with van der Waals surface area (Å²) in [5.74, 6) is -0.0426. The fourth-order valence-electron chi connectivity index (χ4n) is 1.53. The van der Waals surface area contributed by atoms with Crippen molar-refractivity contribution in [3.8, 4) is 0 Å². The molecule has 0 spiro atoms. The van der Waals surface area contributed by atoms with E-state index in [1.807, 2.05) is 48.5 Å². The third-order valence-electron chi connectivity index (χ3n) is 2.39. The molecule has 0 fully saturated rings. The van der Waals surface area contributed by atoms with E-state index >= 15 is 0 Å². The maximum absolute atomic E-state index is 12.0. The predicted octanol–water partition coefficient (Wildman–Crippen LogP) is 2.32. The molecule has 0 aliphatic heterocycles.